The molecule has 0 aliphatic heterocycles. The van der Waals surface area contributed by atoms with E-state index >= 15 is 0 Å². The molecule has 0 amide bonds. The summed E-state index contributed by atoms with van der Waals surface area (Å²) in [5.74, 6) is 0.996. The van der Waals surface area contributed by atoms with Gasteiger partial charge in [0, 0.05) is 0 Å². The first-order valence-electron chi connectivity index (χ1n) is 7.25. The van der Waals surface area contributed by atoms with Crippen molar-refractivity contribution in [3.05, 3.63) is 70.8 Å². The van der Waals surface area contributed by atoms with Crippen molar-refractivity contribution in [2.24, 2.45) is 0 Å². The molecule has 1 heteroatoms. The molecular formula is C19H22S. The molecule has 0 saturated heterocycles. The van der Waals surface area contributed by atoms with E-state index in [9.17, 15) is 0 Å². The second kappa shape index (κ2) is 6.32. The van der Waals surface area contributed by atoms with Crippen LogP contribution in [0.5, 0.6) is 0 Å². The highest BCUT2D eigenvalue weighted by Gasteiger charge is 2.17. The minimum absolute atomic E-state index is 0.477. The number of hydrogen-bond acceptors (Lipinski definition) is 1. The number of rotatable bonds is 4. The van der Waals surface area contributed by atoms with Crippen molar-refractivity contribution < 1.29 is 0 Å². The van der Waals surface area contributed by atoms with E-state index in [0.717, 1.165) is 10.4 Å². The summed E-state index contributed by atoms with van der Waals surface area (Å²) < 4.78 is 0. The Morgan fingerprint density at radius 3 is 2.00 bits per heavy atom. The average molecular weight is 282 g/mol. The van der Waals surface area contributed by atoms with Gasteiger partial charge in [-0.15, -0.1) is 0 Å². The summed E-state index contributed by atoms with van der Waals surface area (Å²) >= 11 is 5.74. The summed E-state index contributed by atoms with van der Waals surface area (Å²) in [6.45, 7) is 8.99. The van der Waals surface area contributed by atoms with E-state index in [1.807, 2.05) is 18.2 Å². The Morgan fingerprint density at radius 2 is 1.45 bits per heavy atom. The SMILES string of the molecule is CC(C)c1cccc(C(=S)c2ccccc2)c1C(C)C. The monoisotopic (exact) mass is 282 g/mol. The minimum Gasteiger partial charge on any atom is -0.0788 e. The number of hydrogen-bond donors (Lipinski definition) is 0. The minimum atomic E-state index is 0.477. The zero-order valence-corrected chi connectivity index (χ0v) is 13.5. The summed E-state index contributed by atoms with van der Waals surface area (Å²) in [7, 11) is 0. The smallest absolute Gasteiger partial charge is 0.0524 e. The molecule has 104 valence electrons. The first-order chi connectivity index (χ1) is 9.52. The first-order valence-corrected chi connectivity index (χ1v) is 7.65. The molecule has 0 unspecified atom stereocenters. The fraction of sp³-hybridized carbons (Fsp3) is 0.316. The third-order valence-electron chi connectivity index (χ3n) is 3.62. The van der Waals surface area contributed by atoms with Crippen molar-refractivity contribution in [1.82, 2.24) is 0 Å². The first kappa shape index (κ1) is 14.9. The molecule has 0 aliphatic carbocycles. The molecule has 0 aromatic heterocycles. The van der Waals surface area contributed by atoms with Crippen LogP contribution in [0.15, 0.2) is 48.5 Å². The molecule has 0 radical (unpaired) electrons. The van der Waals surface area contributed by atoms with E-state index in [0.29, 0.717) is 11.8 Å². The van der Waals surface area contributed by atoms with Gasteiger partial charge in [-0.3, -0.25) is 0 Å². The van der Waals surface area contributed by atoms with Crippen LogP contribution in [-0.2, 0) is 0 Å². The van der Waals surface area contributed by atoms with Crippen molar-refractivity contribution in [3.8, 4) is 0 Å². The van der Waals surface area contributed by atoms with Crippen LogP contribution < -0.4 is 0 Å². The van der Waals surface area contributed by atoms with E-state index in [1.54, 1.807) is 0 Å². The van der Waals surface area contributed by atoms with E-state index in [1.165, 1.54) is 16.7 Å². The molecule has 0 fully saturated rings. The maximum atomic E-state index is 5.74. The highest BCUT2D eigenvalue weighted by molar-refractivity contribution is 7.81. The molecule has 2 aromatic rings. The van der Waals surface area contributed by atoms with Gasteiger partial charge in [-0.25, -0.2) is 0 Å². The van der Waals surface area contributed by atoms with Gasteiger partial charge < -0.3 is 0 Å². The van der Waals surface area contributed by atoms with Crippen LogP contribution >= 0.6 is 12.2 Å². The van der Waals surface area contributed by atoms with Gasteiger partial charge in [0.05, 0.1) is 4.86 Å². The summed E-state index contributed by atoms with van der Waals surface area (Å²) in [4.78, 5) is 0.955. The Bertz CT molecular complexity index is 594. The standard InChI is InChI=1S/C19H22S/c1-13(2)16-11-8-12-17(18(16)14(3)4)19(20)15-9-6-5-7-10-15/h5-14H,1-4H3. The molecule has 0 spiro atoms. The van der Waals surface area contributed by atoms with Gasteiger partial charge in [0.25, 0.3) is 0 Å². The Kier molecular flexibility index (Phi) is 4.72. The Hall–Kier alpha value is -1.47. The van der Waals surface area contributed by atoms with Gasteiger partial charge >= 0.3 is 0 Å². The number of benzene rings is 2. The predicted octanol–water partition coefficient (Wildman–Crippen LogP) is 5.70. The molecular weight excluding hydrogens is 260 g/mol. The molecule has 0 atom stereocenters. The topological polar surface area (TPSA) is 0 Å². The maximum Gasteiger partial charge on any atom is 0.0524 e. The molecule has 0 N–H and O–H groups in total. The maximum absolute atomic E-state index is 5.74. The molecule has 0 aliphatic rings. The Labute approximate surface area is 127 Å². The lowest BCUT2D eigenvalue weighted by atomic mass is 9.85. The van der Waals surface area contributed by atoms with Crippen LogP contribution in [0.2, 0.25) is 0 Å². The van der Waals surface area contributed by atoms with Crippen molar-refractivity contribution in [2.75, 3.05) is 0 Å². The van der Waals surface area contributed by atoms with Gasteiger partial charge in [-0.2, -0.15) is 0 Å². The van der Waals surface area contributed by atoms with Crippen LogP contribution in [0.4, 0.5) is 0 Å². The van der Waals surface area contributed by atoms with E-state index in [4.69, 9.17) is 12.2 Å². The molecule has 20 heavy (non-hydrogen) atoms. The van der Waals surface area contributed by atoms with Crippen LogP contribution in [0.25, 0.3) is 0 Å². The normalized spacial score (nSPS) is 11.1. The average Bonchev–Trinajstić information content (AvgIpc) is 2.46. The van der Waals surface area contributed by atoms with E-state index in [2.05, 4.69) is 58.0 Å². The second-order valence-electron chi connectivity index (χ2n) is 5.81. The van der Waals surface area contributed by atoms with Gasteiger partial charge in [-0.05, 0) is 34.1 Å². The van der Waals surface area contributed by atoms with Gasteiger partial charge in [0.1, 0.15) is 0 Å². The molecule has 0 saturated carbocycles. The number of thiocarbonyl (C=S) groups is 1. The van der Waals surface area contributed by atoms with Crippen LogP contribution in [0, 0.1) is 0 Å². The van der Waals surface area contributed by atoms with Gasteiger partial charge in [0.2, 0.25) is 0 Å². The fourth-order valence-corrected chi connectivity index (χ4v) is 2.99. The Balaban J connectivity index is 2.57. The third-order valence-corrected chi connectivity index (χ3v) is 4.08. The molecule has 2 rings (SSSR count). The van der Waals surface area contributed by atoms with E-state index in [-0.39, 0.29) is 0 Å². The fourth-order valence-electron chi connectivity index (χ4n) is 2.67. The lowest BCUT2D eigenvalue weighted by Gasteiger charge is -2.20. The quantitative estimate of drug-likeness (QED) is 0.512. The van der Waals surface area contributed by atoms with Crippen LogP contribution in [0.3, 0.4) is 0 Å². The van der Waals surface area contributed by atoms with E-state index < -0.39 is 0 Å². The van der Waals surface area contributed by atoms with Crippen molar-refractivity contribution in [2.45, 2.75) is 39.5 Å². The highest BCUT2D eigenvalue weighted by atomic mass is 32.1. The highest BCUT2D eigenvalue weighted by Crippen LogP contribution is 2.30. The summed E-state index contributed by atoms with van der Waals surface area (Å²) in [5.41, 5.74) is 5.16. The second-order valence-corrected chi connectivity index (χ2v) is 6.22. The molecule has 2 aromatic carbocycles. The van der Waals surface area contributed by atoms with Crippen molar-refractivity contribution in [1.29, 1.82) is 0 Å². The van der Waals surface area contributed by atoms with Gasteiger partial charge in [-0.1, -0.05) is 88.4 Å². The lowest BCUT2D eigenvalue weighted by Crippen LogP contribution is -2.09. The zero-order chi connectivity index (χ0) is 14.7. The van der Waals surface area contributed by atoms with Crippen molar-refractivity contribution >= 4 is 17.1 Å². The van der Waals surface area contributed by atoms with Crippen molar-refractivity contribution in [3.63, 3.8) is 0 Å². The Morgan fingerprint density at radius 1 is 0.800 bits per heavy atom. The van der Waals surface area contributed by atoms with Gasteiger partial charge in [0.15, 0.2) is 0 Å². The predicted molar refractivity (Wildman–Crippen MR) is 91.9 cm³/mol. The van der Waals surface area contributed by atoms with Crippen LogP contribution in [-0.4, -0.2) is 4.86 Å². The molecule has 0 nitrogen and oxygen atoms in total. The largest absolute Gasteiger partial charge is 0.0788 e. The summed E-state index contributed by atoms with van der Waals surface area (Å²) in [5, 5.41) is 0. The molecule has 0 bridgehead atoms. The summed E-state index contributed by atoms with van der Waals surface area (Å²) in [6.07, 6.45) is 0. The lowest BCUT2D eigenvalue weighted by molar-refractivity contribution is 0.789. The summed E-state index contributed by atoms with van der Waals surface area (Å²) in [6, 6.07) is 16.8. The molecule has 0 heterocycles. The third kappa shape index (κ3) is 2.99. The zero-order valence-electron chi connectivity index (χ0n) is 12.7. The van der Waals surface area contributed by atoms with Crippen LogP contribution in [0.1, 0.15) is 61.8 Å².